The van der Waals surface area contributed by atoms with Crippen molar-refractivity contribution >= 4 is 17.4 Å². The van der Waals surface area contributed by atoms with Gasteiger partial charge in [-0.05, 0) is 29.8 Å². The summed E-state index contributed by atoms with van der Waals surface area (Å²) in [6.07, 6.45) is 2.18. The topological polar surface area (TPSA) is 83.3 Å². The molecule has 1 aliphatic rings. The molecule has 4 N–H and O–H groups in total. The smallest absolute Gasteiger partial charge is 0.257 e. The number of aromatic nitrogens is 1. The molecular formula is C20H21F2N5O. The van der Waals surface area contributed by atoms with E-state index in [1.54, 1.807) is 24.2 Å². The van der Waals surface area contributed by atoms with Crippen molar-refractivity contribution in [1.82, 2.24) is 15.2 Å². The van der Waals surface area contributed by atoms with Gasteiger partial charge in [0.05, 0.1) is 11.3 Å². The van der Waals surface area contributed by atoms with E-state index in [-0.39, 0.29) is 17.3 Å². The Morgan fingerprint density at radius 3 is 2.86 bits per heavy atom. The summed E-state index contributed by atoms with van der Waals surface area (Å²) in [6, 6.07) is 6.61. The molecule has 2 heterocycles. The largest absolute Gasteiger partial charge is 0.384 e. The van der Waals surface area contributed by atoms with Gasteiger partial charge in [-0.1, -0.05) is 6.58 Å². The van der Waals surface area contributed by atoms with Gasteiger partial charge in [0.1, 0.15) is 17.5 Å². The van der Waals surface area contributed by atoms with Gasteiger partial charge in [0, 0.05) is 50.2 Å². The van der Waals surface area contributed by atoms with Crippen LogP contribution in [0.15, 0.2) is 60.1 Å². The highest BCUT2D eigenvalue weighted by Crippen LogP contribution is 2.25. The van der Waals surface area contributed by atoms with E-state index >= 15 is 0 Å². The number of hydrogen-bond donors (Lipinski definition) is 3. The Labute approximate surface area is 161 Å². The van der Waals surface area contributed by atoms with Crippen LogP contribution in [0.2, 0.25) is 0 Å². The third-order valence-corrected chi connectivity index (χ3v) is 4.43. The Kier molecular flexibility index (Phi) is 5.58. The number of likely N-dealkylation sites (N-methyl/N-ethyl adjacent to an activating group) is 1. The number of rotatable bonds is 6. The number of nitrogens with one attached hydrogen (secondary N) is 2. The number of amides is 1. The van der Waals surface area contributed by atoms with Crippen LogP contribution in [-0.2, 0) is 11.3 Å². The molecule has 0 saturated heterocycles. The molecule has 8 heteroatoms. The van der Waals surface area contributed by atoms with Gasteiger partial charge in [-0.15, -0.1) is 0 Å². The molecule has 0 fully saturated rings. The molecule has 3 rings (SSSR count). The van der Waals surface area contributed by atoms with Gasteiger partial charge >= 0.3 is 0 Å². The second-order valence-electron chi connectivity index (χ2n) is 6.50. The number of carbonyl (C=O) groups excluding carboxylic acids is 1. The summed E-state index contributed by atoms with van der Waals surface area (Å²) in [4.78, 5) is 18.2. The lowest BCUT2D eigenvalue weighted by Crippen LogP contribution is -2.38. The number of anilines is 2. The van der Waals surface area contributed by atoms with E-state index in [0.717, 1.165) is 23.8 Å². The fourth-order valence-electron chi connectivity index (χ4n) is 2.95. The average molecular weight is 385 g/mol. The Morgan fingerprint density at radius 2 is 2.11 bits per heavy atom. The van der Waals surface area contributed by atoms with Crippen LogP contribution in [0, 0.1) is 11.6 Å². The van der Waals surface area contributed by atoms with Crippen molar-refractivity contribution in [2.45, 2.75) is 13.0 Å². The van der Waals surface area contributed by atoms with Crippen molar-refractivity contribution in [2.24, 2.45) is 0 Å². The minimum absolute atomic E-state index is 0.0835. The van der Waals surface area contributed by atoms with E-state index < -0.39 is 11.6 Å². The van der Waals surface area contributed by atoms with E-state index in [1.165, 1.54) is 0 Å². The predicted octanol–water partition coefficient (Wildman–Crippen LogP) is 2.77. The summed E-state index contributed by atoms with van der Waals surface area (Å²) in [5.74, 6) is -1.08. The number of benzene rings is 1. The summed E-state index contributed by atoms with van der Waals surface area (Å²) < 4.78 is 27.4. The van der Waals surface area contributed by atoms with Gasteiger partial charge in [-0.25, -0.2) is 13.8 Å². The minimum Gasteiger partial charge on any atom is -0.384 e. The second-order valence-corrected chi connectivity index (χ2v) is 6.50. The van der Waals surface area contributed by atoms with Crippen LogP contribution in [0.1, 0.15) is 12.0 Å². The molecule has 0 bridgehead atoms. The van der Waals surface area contributed by atoms with Gasteiger partial charge in [0.15, 0.2) is 0 Å². The van der Waals surface area contributed by atoms with Crippen LogP contribution in [0.25, 0.3) is 0 Å². The number of nitrogen functional groups attached to an aromatic ring is 1. The number of hydrogen-bond acceptors (Lipinski definition) is 5. The molecular weight excluding hydrogens is 364 g/mol. The Balaban J connectivity index is 1.86. The Hall–Kier alpha value is -3.42. The monoisotopic (exact) mass is 385 g/mol. The van der Waals surface area contributed by atoms with Crippen LogP contribution in [0.4, 0.5) is 20.3 Å². The van der Waals surface area contributed by atoms with Crippen molar-refractivity contribution in [3.8, 4) is 0 Å². The molecule has 0 spiro atoms. The zero-order chi connectivity index (χ0) is 20.3. The van der Waals surface area contributed by atoms with Gasteiger partial charge in [0.2, 0.25) is 0 Å². The molecule has 6 nitrogen and oxygen atoms in total. The summed E-state index contributed by atoms with van der Waals surface area (Å²) in [5.41, 5.74) is 7.68. The Bertz CT molecular complexity index is 957. The normalized spacial score (nSPS) is 14.2. The quantitative estimate of drug-likeness (QED) is 0.712. The van der Waals surface area contributed by atoms with Crippen molar-refractivity contribution in [3.05, 3.63) is 77.3 Å². The fraction of sp³-hybridized carbons (Fsp3) is 0.200. The van der Waals surface area contributed by atoms with E-state index in [0.29, 0.717) is 36.6 Å². The second kappa shape index (κ2) is 8.08. The molecule has 0 aliphatic carbocycles. The molecule has 0 unspecified atom stereocenters. The first-order chi connectivity index (χ1) is 13.3. The molecule has 2 aromatic rings. The zero-order valence-corrected chi connectivity index (χ0v) is 15.4. The highest BCUT2D eigenvalue weighted by Gasteiger charge is 2.27. The van der Waals surface area contributed by atoms with Crippen molar-refractivity contribution in [1.29, 1.82) is 0 Å². The average Bonchev–Trinajstić information content (AvgIpc) is 2.65. The van der Waals surface area contributed by atoms with Gasteiger partial charge in [-0.3, -0.25) is 4.79 Å². The first-order valence-corrected chi connectivity index (χ1v) is 8.69. The highest BCUT2D eigenvalue weighted by atomic mass is 19.1. The third kappa shape index (κ3) is 4.28. The molecule has 1 aromatic heterocycles. The lowest BCUT2D eigenvalue weighted by molar-refractivity contribution is -0.126. The zero-order valence-electron chi connectivity index (χ0n) is 15.4. The lowest BCUT2D eigenvalue weighted by Gasteiger charge is -2.29. The van der Waals surface area contributed by atoms with E-state index in [9.17, 15) is 13.6 Å². The Morgan fingerprint density at radius 1 is 1.32 bits per heavy atom. The van der Waals surface area contributed by atoms with Crippen LogP contribution in [-0.4, -0.2) is 29.4 Å². The van der Waals surface area contributed by atoms with Crippen LogP contribution < -0.4 is 16.4 Å². The molecule has 146 valence electrons. The standard InChI is InChI=1S/C20H21F2N5O/c1-12(26-17-10-14(21)3-4-15(17)22)19-16(6-8-27(2)20(19)28)25-11-13-5-7-24-18(23)9-13/h3-5,7,9-10,25-26H,1,6,8,11H2,2H3,(H2,23,24). The van der Waals surface area contributed by atoms with Crippen LogP contribution in [0.3, 0.4) is 0 Å². The first kappa shape index (κ1) is 19.3. The third-order valence-electron chi connectivity index (χ3n) is 4.43. The first-order valence-electron chi connectivity index (χ1n) is 8.69. The fourth-order valence-corrected chi connectivity index (χ4v) is 2.95. The van der Waals surface area contributed by atoms with Crippen LogP contribution in [0.5, 0.6) is 0 Å². The maximum absolute atomic E-state index is 14.0. The van der Waals surface area contributed by atoms with E-state index in [1.807, 2.05) is 6.07 Å². The summed E-state index contributed by atoms with van der Waals surface area (Å²) in [7, 11) is 1.68. The molecule has 0 saturated carbocycles. The van der Waals surface area contributed by atoms with Gasteiger partial charge < -0.3 is 21.3 Å². The summed E-state index contributed by atoms with van der Waals surface area (Å²) >= 11 is 0. The molecule has 1 aromatic carbocycles. The van der Waals surface area contributed by atoms with Crippen molar-refractivity contribution in [2.75, 3.05) is 24.6 Å². The number of pyridine rings is 1. The van der Waals surface area contributed by atoms with E-state index in [4.69, 9.17) is 5.73 Å². The van der Waals surface area contributed by atoms with Gasteiger partial charge in [-0.2, -0.15) is 0 Å². The molecule has 0 radical (unpaired) electrons. The number of halogens is 2. The van der Waals surface area contributed by atoms with Crippen molar-refractivity contribution < 1.29 is 13.6 Å². The summed E-state index contributed by atoms with van der Waals surface area (Å²) in [5, 5.41) is 5.96. The molecule has 28 heavy (non-hydrogen) atoms. The predicted molar refractivity (Wildman–Crippen MR) is 104 cm³/mol. The summed E-state index contributed by atoms with van der Waals surface area (Å²) in [6.45, 7) is 4.84. The molecule has 1 amide bonds. The SMILES string of the molecule is C=C(Nc1cc(F)ccc1F)C1=C(NCc2ccnc(N)c2)CCN(C)C1=O. The minimum atomic E-state index is -0.637. The van der Waals surface area contributed by atoms with Crippen LogP contribution >= 0.6 is 0 Å². The molecule has 0 atom stereocenters. The maximum Gasteiger partial charge on any atom is 0.257 e. The highest BCUT2D eigenvalue weighted by molar-refractivity contribution is 5.99. The van der Waals surface area contributed by atoms with Gasteiger partial charge in [0.25, 0.3) is 5.91 Å². The lowest BCUT2D eigenvalue weighted by atomic mass is 10.0. The van der Waals surface area contributed by atoms with Crippen molar-refractivity contribution in [3.63, 3.8) is 0 Å². The number of nitrogens with zero attached hydrogens (tertiary/aromatic N) is 2. The number of carbonyl (C=O) groups is 1. The van der Waals surface area contributed by atoms with E-state index in [2.05, 4.69) is 22.2 Å². The maximum atomic E-state index is 14.0. The number of nitrogens with two attached hydrogens (primary N) is 1. The molecule has 1 aliphatic heterocycles.